The first kappa shape index (κ1) is 15.8. The largest absolute Gasteiger partial charge is 0.496 e. The maximum atomic E-state index is 9.41. The van der Waals surface area contributed by atoms with Gasteiger partial charge in [-0.25, -0.2) is 0 Å². The summed E-state index contributed by atoms with van der Waals surface area (Å²) in [6.45, 7) is 0.786. The molecule has 1 aliphatic carbocycles. The lowest BCUT2D eigenvalue weighted by atomic mass is 10.0. The summed E-state index contributed by atoms with van der Waals surface area (Å²) in [5.74, 6) is 1.17. The maximum absolute atomic E-state index is 9.41. The van der Waals surface area contributed by atoms with Crippen LogP contribution in [0.4, 0.5) is 0 Å². The first-order chi connectivity index (χ1) is 9.69. The molecular weight excluding hydrogens is 320 g/mol. The SMILES string of the molecule is COc1ccc(C(CN)NC2CCCC2CO)cc1Br. The summed E-state index contributed by atoms with van der Waals surface area (Å²) in [6.07, 6.45) is 3.38. The molecule has 0 bridgehead atoms. The summed E-state index contributed by atoms with van der Waals surface area (Å²) in [4.78, 5) is 0. The van der Waals surface area contributed by atoms with E-state index in [-0.39, 0.29) is 12.6 Å². The van der Waals surface area contributed by atoms with E-state index in [2.05, 4.69) is 21.2 Å². The zero-order chi connectivity index (χ0) is 14.5. The first-order valence-corrected chi connectivity index (χ1v) is 7.89. The van der Waals surface area contributed by atoms with Gasteiger partial charge in [0.05, 0.1) is 11.6 Å². The highest BCUT2D eigenvalue weighted by molar-refractivity contribution is 9.10. The number of rotatable bonds is 6. The second-order valence-electron chi connectivity index (χ2n) is 5.33. The van der Waals surface area contributed by atoms with Crippen LogP contribution in [-0.2, 0) is 0 Å². The van der Waals surface area contributed by atoms with Crippen molar-refractivity contribution in [3.05, 3.63) is 28.2 Å². The third-order valence-electron chi connectivity index (χ3n) is 4.12. The van der Waals surface area contributed by atoms with Gasteiger partial charge < -0.3 is 20.9 Å². The van der Waals surface area contributed by atoms with Crippen molar-refractivity contribution in [2.45, 2.75) is 31.3 Å². The molecule has 112 valence electrons. The van der Waals surface area contributed by atoms with Crippen LogP contribution in [0, 0.1) is 5.92 Å². The summed E-state index contributed by atoms with van der Waals surface area (Å²) < 4.78 is 6.18. The summed E-state index contributed by atoms with van der Waals surface area (Å²) in [5, 5.41) is 13.0. The van der Waals surface area contributed by atoms with Crippen LogP contribution in [0.3, 0.4) is 0 Å². The summed E-state index contributed by atoms with van der Waals surface area (Å²) >= 11 is 3.51. The van der Waals surface area contributed by atoms with Crippen LogP contribution in [0.25, 0.3) is 0 Å². The van der Waals surface area contributed by atoms with Crippen LogP contribution in [0.1, 0.15) is 30.9 Å². The lowest BCUT2D eigenvalue weighted by molar-refractivity contribution is 0.199. The Kier molecular flexibility index (Phi) is 5.84. The Morgan fingerprint density at radius 2 is 2.30 bits per heavy atom. The molecule has 0 heterocycles. The Morgan fingerprint density at radius 3 is 2.90 bits per heavy atom. The third-order valence-corrected chi connectivity index (χ3v) is 4.74. The summed E-state index contributed by atoms with van der Waals surface area (Å²) in [6, 6.07) is 6.49. The number of halogens is 1. The molecule has 1 aliphatic rings. The van der Waals surface area contributed by atoms with Gasteiger partial charge in [0.2, 0.25) is 0 Å². The molecule has 1 saturated carbocycles. The van der Waals surface area contributed by atoms with Gasteiger partial charge in [0.25, 0.3) is 0 Å². The van der Waals surface area contributed by atoms with Crippen LogP contribution in [0.5, 0.6) is 5.75 Å². The highest BCUT2D eigenvalue weighted by Crippen LogP contribution is 2.30. The molecule has 0 spiro atoms. The summed E-state index contributed by atoms with van der Waals surface area (Å²) in [5.41, 5.74) is 7.06. The number of methoxy groups -OCH3 is 1. The van der Waals surface area contributed by atoms with Crippen molar-refractivity contribution in [3.8, 4) is 5.75 Å². The van der Waals surface area contributed by atoms with E-state index in [0.717, 1.165) is 28.6 Å². The predicted molar refractivity (Wildman–Crippen MR) is 83.8 cm³/mol. The van der Waals surface area contributed by atoms with Crippen molar-refractivity contribution >= 4 is 15.9 Å². The quantitative estimate of drug-likeness (QED) is 0.741. The highest BCUT2D eigenvalue weighted by atomic mass is 79.9. The Hall–Kier alpha value is -0.620. The lowest BCUT2D eigenvalue weighted by Gasteiger charge is -2.26. The van der Waals surface area contributed by atoms with E-state index >= 15 is 0 Å². The Balaban J connectivity index is 2.09. The van der Waals surface area contributed by atoms with Crippen LogP contribution >= 0.6 is 15.9 Å². The van der Waals surface area contributed by atoms with Gasteiger partial charge in [-0.3, -0.25) is 0 Å². The standard InChI is InChI=1S/C15H23BrN2O2/c1-20-15-6-5-10(7-12(15)16)14(8-17)18-13-4-2-3-11(13)9-19/h5-7,11,13-14,18-19H,2-4,8-9,17H2,1H3. The van der Waals surface area contributed by atoms with Crippen LogP contribution in [0.15, 0.2) is 22.7 Å². The number of hydrogen-bond donors (Lipinski definition) is 3. The van der Waals surface area contributed by atoms with Gasteiger partial charge >= 0.3 is 0 Å². The van der Waals surface area contributed by atoms with Gasteiger partial charge in [0.1, 0.15) is 5.75 Å². The number of aliphatic hydroxyl groups excluding tert-OH is 1. The zero-order valence-electron chi connectivity index (χ0n) is 11.8. The van der Waals surface area contributed by atoms with E-state index in [0.29, 0.717) is 18.5 Å². The lowest BCUT2D eigenvalue weighted by Crippen LogP contribution is -2.39. The molecule has 20 heavy (non-hydrogen) atoms. The molecule has 0 radical (unpaired) electrons. The Morgan fingerprint density at radius 1 is 1.50 bits per heavy atom. The van der Waals surface area contributed by atoms with E-state index < -0.39 is 0 Å². The molecule has 1 fully saturated rings. The zero-order valence-corrected chi connectivity index (χ0v) is 13.4. The average molecular weight is 343 g/mol. The van der Waals surface area contributed by atoms with Gasteiger partial charge in [-0.15, -0.1) is 0 Å². The van der Waals surface area contributed by atoms with E-state index in [1.807, 2.05) is 18.2 Å². The van der Waals surface area contributed by atoms with Crippen molar-refractivity contribution in [1.82, 2.24) is 5.32 Å². The molecular formula is C15H23BrN2O2. The maximum Gasteiger partial charge on any atom is 0.133 e. The number of nitrogens with two attached hydrogens (primary N) is 1. The van der Waals surface area contributed by atoms with E-state index in [4.69, 9.17) is 10.5 Å². The van der Waals surface area contributed by atoms with E-state index in [1.54, 1.807) is 7.11 Å². The van der Waals surface area contributed by atoms with Gasteiger partial charge in [0.15, 0.2) is 0 Å². The Bertz CT molecular complexity index is 442. The fraction of sp³-hybridized carbons (Fsp3) is 0.600. The van der Waals surface area contributed by atoms with Crippen LogP contribution in [0.2, 0.25) is 0 Å². The van der Waals surface area contributed by atoms with Crippen molar-refractivity contribution in [2.24, 2.45) is 11.7 Å². The molecule has 1 aromatic carbocycles. The summed E-state index contributed by atoms with van der Waals surface area (Å²) in [7, 11) is 1.66. The fourth-order valence-corrected chi connectivity index (χ4v) is 3.49. The molecule has 0 aromatic heterocycles. The van der Waals surface area contributed by atoms with Crippen LogP contribution < -0.4 is 15.8 Å². The topological polar surface area (TPSA) is 67.5 Å². The minimum absolute atomic E-state index is 0.106. The molecule has 1 aromatic rings. The highest BCUT2D eigenvalue weighted by Gasteiger charge is 2.28. The minimum Gasteiger partial charge on any atom is -0.496 e. The second-order valence-corrected chi connectivity index (χ2v) is 6.18. The number of nitrogens with one attached hydrogen (secondary N) is 1. The number of benzene rings is 1. The molecule has 0 amide bonds. The monoisotopic (exact) mass is 342 g/mol. The van der Waals surface area contributed by atoms with Crippen molar-refractivity contribution < 1.29 is 9.84 Å². The van der Waals surface area contributed by atoms with Crippen LogP contribution in [-0.4, -0.2) is 31.4 Å². The van der Waals surface area contributed by atoms with Crippen molar-refractivity contribution in [3.63, 3.8) is 0 Å². The smallest absolute Gasteiger partial charge is 0.133 e. The minimum atomic E-state index is 0.106. The predicted octanol–water partition coefficient (Wildman–Crippen LogP) is 2.21. The molecule has 3 atom stereocenters. The Labute approximate surface area is 128 Å². The molecule has 4 nitrogen and oxygen atoms in total. The number of aliphatic hydroxyl groups is 1. The molecule has 5 heteroatoms. The molecule has 3 unspecified atom stereocenters. The normalized spacial score (nSPS) is 23.8. The number of ether oxygens (including phenoxy) is 1. The molecule has 2 rings (SSSR count). The van der Waals surface area contributed by atoms with E-state index in [9.17, 15) is 5.11 Å². The first-order valence-electron chi connectivity index (χ1n) is 7.10. The van der Waals surface area contributed by atoms with Gasteiger partial charge in [-0.1, -0.05) is 12.5 Å². The average Bonchev–Trinajstić information content (AvgIpc) is 2.91. The third kappa shape index (κ3) is 3.52. The molecule has 4 N–H and O–H groups in total. The second kappa shape index (κ2) is 7.41. The molecule has 0 saturated heterocycles. The van der Waals surface area contributed by atoms with Crippen molar-refractivity contribution in [1.29, 1.82) is 0 Å². The molecule has 0 aliphatic heterocycles. The van der Waals surface area contributed by atoms with Gasteiger partial charge in [0, 0.05) is 25.2 Å². The van der Waals surface area contributed by atoms with Gasteiger partial charge in [-0.2, -0.15) is 0 Å². The fourth-order valence-electron chi connectivity index (χ4n) is 2.93. The van der Waals surface area contributed by atoms with Crippen molar-refractivity contribution in [2.75, 3.05) is 20.3 Å². The number of hydrogen-bond acceptors (Lipinski definition) is 4. The van der Waals surface area contributed by atoms with Gasteiger partial charge in [-0.05, 0) is 52.4 Å². The van der Waals surface area contributed by atoms with E-state index in [1.165, 1.54) is 6.42 Å².